The van der Waals surface area contributed by atoms with E-state index >= 15 is 0 Å². The predicted octanol–water partition coefficient (Wildman–Crippen LogP) is 5.94. The van der Waals surface area contributed by atoms with Crippen molar-refractivity contribution in [2.75, 3.05) is 17.5 Å². The topological polar surface area (TPSA) is 102 Å². The fraction of sp³-hybridized carbons (Fsp3) is 0.290. The maximum Gasteiger partial charge on any atom is 0.335 e. The molecule has 4 aromatic rings. The van der Waals surface area contributed by atoms with E-state index in [4.69, 9.17) is 14.0 Å². The first-order valence-corrected chi connectivity index (χ1v) is 14.8. The van der Waals surface area contributed by atoms with E-state index in [1.807, 2.05) is 51.1 Å². The Labute approximate surface area is 241 Å². The highest BCUT2D eigenvalue weighted by Gasteiger charge is 2.32. The van der Waals surface area contributed by atoms with Crippen molar-refractivity contribution in [1.82, 2.24) is 9.45 Å². The van der Waals surface area contributed by atoms with E-state index in [0.29, 0.717) is 35.9 Å². The molecule has 41 heavy (non-hydrogen) atoms. The lowest BCUT2D eigenvalue weighted by Gasteiger charge is -2.29. The van der Waals surface area contributed by atoms with Gasteiger partial charge in [0.2, 0.25) is 5.89 Å². The van der Waals surface area contributed by atoms with Gasteiger partial charge in [-0.3, -0.25) is 9.10 Å². The molecule has 0 N–H and O–H groups in total. The summed E-state index contributed by atoms with van der Waals surface area (Å²) in [6.07, 6.45) is 0.563. The first kappa shape index (κ1) is 29.8. The maximum atomic E-state index is 13.5. The molecular formula is C31H35N3O6S. The number of aromatic nitrogens is 1. The number of nitrogens with zero attached hydrogens (tertiary/aromatic N) is 3. The van der Waals surface area contributed by atoms with Crippen molar-refractivity contribution in [3.63, 3.8) is 0 Å². The number of carbonyl (C=O) groups excluding carboxylic acids is 1. The van der Waals surface area contributed by atoms with Crippen LogP contribution >= 0.6 is 0 Å². The summed E-state index contributed by atoms with van der Waals surface area (Å²) in [5.41, 5.74) is 4.94. The zero-order valence-electron chi connectivity index (χ0n) is 24.0. The molecule has 0 aliphatic heterocycles. The first-order valence-electron chi connectivity index (χ1n) is 13.4. The number of rotatable bonds is 12. The Balaban J connectivity index is 1.40. The van der Waals surface area contributed by atoms with E-state index in [-0.39, 0.29) is 13.1 Å². The van der Waals surface area contributed by atoms with E-state index < -0.39 is 16.2 Å². The van der Waals surface area contributed by atoms with E-state index in [0.717, 1.165) is 27.0 Å². The molecule has 0 saturated carbocycles. The second-order valence-electron chi connectivity index (χ2n) is 9.69. The number of hydrogen-bond acceptors (Lipinski definition) is 7. The summed E-state index contributed by atoms with van der Waals surface area (Å²) < 4.78 is 40.7. The highest BCUT2D eigenvalue weighted by atomic mass is 32.2. The smallest absolute Gasteiger partial charge is 0.335 e. The van der Waals surface area contributed by atoms with Crippen molar-refractivity contribution in [3.05, 3.63) is 101 Å². The van der Waals surface area contributed by atoms with Gasteiger partial charge in [0, 0.05) is 25.5 Å². The van der Waals surface area contributed by atoms with Crippen molar-refractivity contribution in [1.29, 1.82) is 0 Å². The highest BCUT2D eigenvalue weighted by Crippen LogP contribution is 2.25. The average molecular weight is 578 g/mol. The lowest BCUT2D eigenvalue weighted by atomic mass is 10.1. The third kappa shape index (κ3) is 7.53. The maximum absolute atomic E-state index is 13.5. The van der Waals surface area contributed by atoms with Crippen molar-refractivity contribution >= 4 is 21.9 Å². The molecule has 0 fully saturated rings. The monoisotopic (exact) mass is 577 g/mol. The normalized spacial score (nSPS) is 11.5. The lowest BCUT2D eigenvalue weighted by molar-refractivity contribution is -0.168. The zero-order valence-corrected chi connectivity index (χ0v) is 24.8. The van der Waals surface area contributed by atoms with Gasteiger partial charge in [-0.15, -0.1) is 0 Å². The Kier molecular flexibility index (Phi) is 9.46. The number of oxazole rings is 1. The molecule has 0 aliphatic carbocycles. The summed E-state index contributed by atoms with van der Waals surface area (Å²) in [6, 6.07) is 22.1. The van der Waals surface area contributed by atoms with Gasteiger partial charge in [0.25, 0.3) is 0 Å². The minimum absolute atomic E-state index is 0.161. The predicted molar refractivity (Wildman–Crippen MR) is 157 cm³/mol. The van der Waals surface area contributed by atoms with Crippen LogP contribution in [0.1, 0.15) is 42.0 Å². The highest BCUT2D eigenvalue weighted by molar-refractivity contribution is 7.90. The van der Waals surface area contributed by atoms with Gasteiger partial charge in [-0.05, 0) is 79.7 Å². The minimum atomic E-state index is -4.18. The van der Waals surface area contributed by atoms with Gasteiger partial charge in [-0.2, -0.15) is 8.42 Å². The molecule has 0 radical (unpaired) electrons. The Morgan fingerprint density at radius 1 is 0.951 bits per heavy atom. The van der Waals surface area contributed by atoms with Crippen LogP contribution in [0.15, 0.2) is 77.2 Å². The lowest BCUT2D eigenvalue weighted by Crippen LogP contribution is -2.44. The zero-order chi connectivity index (χ0) is 29.6. The number of hydroxylamine groups is 1. The molecule has 4 rings (SSSR count). The average Bonchev–Trinajstić information content (AvgIpc) is 3.30. The van der Waals surface area contributed by atoms with E-state index in [1.165, 1.54) is 16.8 Å². The summed E-state index contributed by atoms with van der Waals surface area (Å²) in [5.74, 6) is 1.21. The molecule has 0 amide bonds. The molecule has 0 saturated heterocycles. The molecular weight excluding hydrogens is 542 g/mol. The number of hydrogen-bond donors (Lipinski definition) is 0. The second kappa shape index (κ2) is 13.0. The molecule has 9 nitrogen and oxygen atoms in total. The van der Waals surface area contributed by atoms with Crippen molar-refractivity contribution < 1.29 is 27.2 Å². The summed E-state index contributed by atoms with van der Waals surface area (Å²) in [6.45, 7) is 9.08. The van der Waals surface area contributed by atoms with E-state index in [2.05, 4.69) is 4.98 Å². The number of benzene rings is 3. The van der Waals surface area contributed by atoms with Crippen molar-refractivity contribution in [2.45, 2.75) is 47.6 Å². The van der Waals surface area contributed by atoms with Gasteiger partial charge < -0.3 is 14.0 Å². The van der Waals surface area contributed by atoms with E-state index in [9.17, 15) is 13.2 Å². The fourth-order valence-corrected chi connectivity index (χ4v) is 5.70. The fourth-order valence-electron chi connectivity index (χ4n) is 4.26. The third-order valence-electron chi connectivity index (χ3n) is 6.38. The quantitative estimate of drug-likeness (QED) is 0.192. The summed E-state index contributed by atoms with van der Waals surface area (Å²) in [4.78, 5) is 21.6. The van der Waals surface area contributed by atoms with Crippen LogP contribution in [0, 0.1) is 20.8 Å². The van der Waals surface area contributed by atoms with Gasteiger partial charge in [-0.1, -0.05) is 42.0 Å². The molecule has 10 heteroatoms. The van der Waals surface area contributed by atoms with Gasteiger partial charge >= 0.3 is 16.2 Å². The number of carbonyl (C=O) groups is 1. The number of aryl methyl sites for hydroxylation is 3. The molecule has 0 atom stereocenters. The van der Waals surface area contributed by atoms with Crippen LogP contribution in [0.25, 0.3) is 11.5 Å². The van der Waals surface area contributed by atoms with Crippen LogP contribution in [-0.2, 0) is 32.8 Å². The largest absolute Gasteiger partial charge is 0.493 e. The van der Waals surface area contributed by atoms with Gasteiger partial charge in [0.05, 0.1) is 24.5 Å². The first-order chi connectivity index (χ1) is 19.6. The SMILES string of the molecule is CCN(c1cccc(C)c1)S(=O)(=O)N(Cc1ccc(OCCc2nc(-c3ccc(C)cc3)oc2C)cc1)OC(C)=O. The second-order valence-corrected chi connectivity index (χ2v) is 11.4. The van der Waals surface area contributed by atoms with Crippen LogP contribution < -0.4 is 9.04 Å². The van der Waals surface area contributed by atoms with Gasteiger partial charge in [0.15, 0.2) is 0 Å². The minimum Gasteiger partial charge on any atom is -0.493 e. The molecule has 0 spiro atoms. The molecule has 216 valence electrons. The Morgan fingerprint density at radius 3 is 2.29 bits per heavy atom. The van der Waals surface area contributed by atoms with Crippen LogP contribution in [0.2, 0.25) is 0 Å². The van der Waals surface area contributed by atoms with Crippen LogP contribution in [0.4, 0.5) is 5.69 Å². The van der Waals surface area contributed by atoms with Gasteiger partial charge in [-0.25, -0.2) is 4.98 Å². The molecule has 1 heterocycles. The van der Waals surface area contributed by atoms with Crippen LogP contribution in [0.5, 0.6) is 5.75 Å². The summed E-state index contributed by atoms with van der Waals surface area (Å²) in [5, 5.41) is 0. The molecule has 1 aromatic heterocycles. The third-order valence-corrected chi connectivity index (χ3v) is 8.12. The Morgan fingerprint density at radius 2 is 1.66 bits per heavy atom. The summed E-state index contributed by atoms with van der Waals surface area (Å²) in [7, 11) is -4.18. The van der Waals surface area contributed by atoms with E-state index in [1.54, 1.807) is 49.4 Å². The molecule has 3 aromatic carbocycles. The molecule has 0 aliphatic rings. The Hall–Kier alpha value is -4.15. The van der Waals surface area contributed by atoms with Gasteiger partial charge in [0.1, 0.15) is 11.5 Å². The molecule has 0 unspecified atom stereocenters. The van der Waals surface area contributed by atoms with Crippen LogP contribution in [0.3, 0.4) is 0 Å². The number of anilines is 1. The molecule has 0 bridgehead atoms. The van der Waals surface area contributed by atoms with Crippen LogP contribution in [-0.4, -0.2) is 37.0 Å². The summed E-state index contributed by atoms with van der Waals surface area (Å²) >= 11 is 0. The van der Waals surface area contributed by atoms with Crippen molar-refractivity contribution in [3.8, 4) is 17.2 Å². The Bertz CT molecular complexity index is 1580. The standard InChI is InChI=1S/C31H35N3O6S/c1-6-33(28-9-7-8-23(3)20-28)41(36,37)34(40-25(5)35)21-26-12-16-29(17-13-26)38-19-18-30-24(4)39-31(32-30)27-14-10-22(2)11-15-27/h7-17,20H,6,18-19,21H2,1-5H3. The number of ether oxygens (including phenoxy) is 1. The van der Waals surface area contributed by atoms with Crippen molar-refractivity contribution in [2.24, 2.45) is 0 Å².